The molecule has 0 bridgehead atoms. The largest absolute Gasteiger partial charge is 0.489 e. The Morgan fingerprint density at radius 2 is 1.84 bits per heavy atom. The summed E-state index contributed by atoms with van der Waals surface area (Å²) in [5.74, 6) is -0.0227. The summed E-state index contributed by atoms with van der Waals surface area (Å²) < 4.78 is 19.5. The summed E-state index contributed by atoms with van der Waals surface area (Å²) in [4.78, 5) is 4.80. The maximum Gasteiger partial charge on any atom is 0.166 e. The molecule has 1 saturated heterocycles. The Bertz CT molecular complexity index is 942. The van der Waals surface area contributed by atoms with Crippen molar-refractivity contribution in [3.63, 3.8) is 0 Å². The van der Waals surface area contributed by atoms with Crippen molar-refractivity contribution in [1.29, 1.82) is 10.5 Å². The lowest BCUT2D eigenvalue weighted by Crippen LogP contribution is -2.47. The number of halogens is 1. The minimum absolute atomic E-state index is 0.194. The molecule has 5 nitrogen and oxygen atoms in total. The molecule has 1 aliphatic rings. The fraction of sp³-hybridized carbons (Fsp3) is 0.520. The first kappa shape index (κ1) is 24.2. The van der Waals surface area contributed by atoms with Crippen LogP contribution in [0.1, 0.15) is 37.8 Å². The highest BCUT2D eigenvalue weighted by Gasteiger charge is 2.36. The third-order valence-electron chi connectivity index (χ3n) is 6.46. The Balaban J connectivity index is 1.39. The molecule has 1 aromatic heterocycles. The quantitative estimate of drug-likeness (QED) is 0.523. The summed E-state index contributed by atoms with van der Waals surface area (Å²) in [6.45, 7) is 10.3. The third-order valence-corrected chi connectivity index (χ3v) is 7.14. The van der Waals surface area contributed by atoms with Crippen LogP contribution in [-0.4, -0.2) is 55.7 Å². The van der Waals surface area contributed by atoms with Gasteiger partial charge in [0, 0.05) is 32.7 Å². The van der Waals surface area contributed by atoms with Gasteiger partial charge in [-0.1, -0.05) is 13.8 Å². The van der Waals surface area contributed by atoms with Crippen LogP contribution in [0.3, 0.4) is 0 Å². The lowest BCUT2D eigenvalue weighted by atomic mass is 9.71. The second kappa shape index (κ2) is 11.4. The van der Waals surface area contributed by atoms with Crippen molar-refractivity contribution < 1.29 is 9.13 Å². The summed E-state index contributed by atoms with van der Waals surface area (Å²) in [5, 5.41) is 23.0. The standard InChI is InChI=1S/C25H31FN4OS/c1-20(2)25(19-28,22-6-15-32-18-22)7-3-8-29-9-11-30(12-10-29)13-14-31-24-5-4-21(17-27)16-23(24)26/h4-6,15-16,18,20H,3,7-14H2,1-2H3. The van der Waals surface area contributed by atoms with Crippen LogP contribution in [0.5, 0.6) is 5.75 Å². The molecule has 1 aliphatic heterocycles. The van der Waals surface area contributed by atoms with E-state index < -0.39 is 11.2 Å². The third kappa shape index (κ3) is 5.86. The predicted molar refractivity (Wildman–Crippen MR) is 125 cm³/mol. The molecule has 0 aliphatic carbocycles. The number of thiophene rings is 1. The molecule has 2 heterocycles. The molecular formula is C25H31FN4OS. The summed E-state index contributed by atoms with van der Waals surface area (Å²) in [6.07, 6.45) is 1.88. The molecule has 170 valence electrons. The Hall–Kier alpha value is -2.45. The number of piperazine rings is 1. The van der Waals surface area contributed by atoms with Gasteiger partial charge >= 0.3 is 0 Å². The van der Waals surface area contributed by atoms with Crippen LogP contribution < -0.4 is 4.74 Å². The van der Waals surface area contributed by atoms with Gasteiger partial charge in [-0.25, -0.2) is 4.39 Å². The van der Waals surface area contributed by atoms with Crippen LogP contribution in [0.15, 0.2) is 35.0 Å². The monoisotopic (exact) mass is 454 g/mol. The molecule has 3 rings (SSSR count). The zero-order valence-electron chi connectivity index (χ0n) is 18.9. The van der Waals surface area contributed by atoms with Crippen LogP contribution in [0.25, 0.3) is 0 Å². The second-order valence-corrected chi connectivity index (χ2v) is 9.42. The Labute approximate surface area is 194 Å². The van der Waals surface area contributed by atoms with Gasteiger partial charge in [-0.3, -0.25) is 4.90 Å². The molecule has 32 heavy (non-hydrogen) atoms. The zero-order chi connectivity index (χ0) is 23.0. The van der Waals surface area contributed by atoms with E-state index in [9.17, 15) is 9.65 Å². The van der Waals surface area contributed by atoms with Crippen molar-refractivity contribution in [2.45, 2.75) is 32.1 Å². The van der Waals surface area contributed by atoms with Gasteiger partial charge in [0.15, 0.2) is 11.6 Å². The van der Waals surface area contributed by atoms with Crippen molar-refractivity contribution in [2.24, 2.45) is 5.92 Å². The van der Waals surface area contributed by atoms with Crippen molar-refractivity contribution >= 4 is 11.3 Å². The number of hydrogen-bond donors (Lipinski definition) is 0. The van der Waals surface area contributed by atoms with E-state index in [1.807, 2.05) is 6.07 Å². The normalized spacial score (nSPS) is 16.9. The number of hydrogen-bond acceptors (Lipinski definition) is 6. The van der Waals surface area contributed by atoms with E-state index in [2.05, 4.69) is 46.5 Å². The molecule has 7 heteroatoms. The highest BCUT2D eigenvalue weighted by atomic mass is 32.1. The minimum atomic E-state index is -0.494. The molecule has 1 atom stereocenters. The molecular weight excluding hydrogens is 423 g/mol. The van der Waals surface area contributed by atoms with Crippen LogP contribution in [0.2, 0.25) is 0 Å². The molecule has 2 aromatic rings. The van der Waals surface area contributed by atoms with Crippen LogP contribution in [0, 0.1) is 34.4 Å². The summed E-state index contributed by atoms with van der Waals surface area (Å²) in [6, 6.07) is 10.9. The first-order chi connectivity index (χ1) is 15.5. The van der Waals surface area contributed by atoms with E-state index in [0.717, 1.165) is 57.7 Å². The maximum absolute atomic E-state index is 13.9. The van der Waals surface area contributed by atoms with Crippen molar-refractivity contribution in [3.05, 3.63) is 52.0 Å². The van der Waals surface area contributed by atoms with E-state index in [0.29, 0.717) is 12.2 Å². The molecule has 1 fully saturated rings. The Kier molecular flexibility index (Phi) is 8.64. The SMILES string of the molecule is CC(C)C(C#N)(CCCN1CCN(CCOc2ccc(C#N)cc2F)CC1)c1ccsc1. The summed E-state index contributed by atoms with van der Waals surface area (Å²) >= 11 is 1.66. The van der Waals surface area contributed by atoms with Gasteiger partial charge in [-0.2, -0.15) is 21.9 Å². The van der Waals surface area contributed by atoms with Gasteiger partial charge in [0.05, 0.1) is 23.1 Å². The molecule has 1 unspecified atom stereocenters. The number of rotatable bonds is 10. The van der Waals surface area contributed by atoms with E-state index in [4.69, 9.17) is 10.00 Å². The smallest absolute Gasteiger partial charge is 0.166 e. The van der Waals surface area contributed by atoms with Crippen molar-refractivity contribution in [2.75, 3.05) is 45.9 Å². The molecule has 0 saturated carbocycles. The predicted octanol–water partition coefficient (Wildman–Crippen LogP) is 4.65. The maximum atomic E-state index is 13.9. The average molecular weight is 455 g/mol. The topological polar surface area (TPSA) is 63.3 Å². The van der Waals surface area contributed by atoms with E-state index in [1.54, 1.807) is 17.4 Å². The van der Waals surface area contributed by atoms with Crippen LogP contribution >= 0.6 is 11.3 Å². The highest BCUT2D eigenvalue weighted by molar-refractivity contribution is 7.08. The van der Waals surface area contributed by atoms with Crippen LogP contribution in [0.4, 0.5) is 4.39 Å². The number of benzene rings is 1. The average Bonchev–Trinajstić information content (AvgIpc) is 3.34. The zero-order valence-corrected chi connectivity index (χ0v) is 19.7. The van der Waals surface area contributed by atoms with Crippen molar-refractivity contribution in [1.82, 2.24) is 9.80 Å². The van der Waals surface area contributed by atoms with Crippen LogP contribution in [-0.2, 0) is 5.41 Å². The Morgan fingerprint density at radius 3 is 2.41 bits per heavy atom. The minimum Gasteiger partial charge on any atom is -0.489 e. The van der Waals surface area contributed by atoms with Crippen molar-refractivity contribution in [3.8, 4) is 17.9 Å². The second-order valence-electron chi connectivity index (χ2n) is 8.64. The lowest BCUT2D eigenvalue weighted by molar-refractivity contribution is 0.113. The molecule has 0 N–H and O–H groups in total. The fourth-order valence-electron chi connectivity index (χ4n) is 4.32. The number of nitrogens with zero attached hydrogens (tertiary/aromatic N) is 4. The highest BCUT2D eigenvalue weighted by Crippen LogP contribution is 2.37. The number of ether oxygens (including phenoxy) is 1. The van der Waals surface area contributed by atoms with E-state index >= 15 is 0 Å². The molecule has 0 radical (unpaired) electrons. The molecule has 0 amide bonds. The first-order valence-corrected chi connectivity index (χ1v) is 12.1. The van der Waals surface area contributed by atoms with Gasteiger partial charge in [-0.15, -0.1) is 0 Å². The fourth-order valence-corrected chi connectivity index (χ4v) is 5.06. The van der Waals surface area contributed by atoms with Gasteiger partial charge < -0.3 is 9.64 Å². The molecule has 1 aromatic carbocycles. The van der Waals surface area contributed by atoms with Gasteiger partial charge in [0.2, 0.25) is 0 Å². The molecule has 0 spiro atoms. The van der Waals surface area contributed by atoms with Gasteiger partial charge in [-0.05, 0) is 65.9 Å². The van der Waals surface area contributed by atoms with Gasteiger partial charge in [0.25, 0.3) is 0 Å². The van der Waals surface area contributed by atoms with E-state index in [1.165, 1.54) is 12.1 Å². The number of nitriles is 2. The lowest BCUT2D eigenvalue weighted by Gasteiger charge is -2.36. The summed E-state index contributed by atoms with van der Waals surface area (Å²) in [5.41, 5.74) is 1.05. The van der Waals surface area contributed by atoms with Gasteiger partial charge in [0.1, 0.15) is 6.61 Å². The summed E-state index contributed by atoms with van der Waals surface area (Å²) in [7, 11) is 0. The Morgan fingerprint density at radius 1 is 1.12 bits per heavy atom. The van der Waals surface area contributed by atoms with E-state index in [-0.39, 0.29) is 11.7 Å². The first-order valence-electron chi connectivity index (χ1n) is 11.2.